The van der Waals surface area contributed by atoms with E-state index in [9.17, 15) is 14.7 Å². The standard InChI is InChI=1S/C15H12ClNO3S/c16-10-3-1-9(2-4-10)14(18)17-7-5-12-11(6-8-21-12)13(17)15(19)20/h1-4,6,8,13H,5,7H2,(H,19,20). The third-order valence-corrected chi connectivity index (χ3v) is 4.80. The minimum atomic E-state index is -1.00. The summed E-state index contributed by atoms with van der Waals surface area (Å²) in [7, 11) is 0. The average Bonchev–Trinajstić information content (AvgIpc) is 2.94. The Morgan fingerprint density at radius 3 is 2.62 bits per heavy atom. The summed E-state index contributed by atoms with van der Waals surface area (Å²) in [5.41, 5.74) is 1.17. The number of aliphatic carboxylic acids is 1. The SMILES string of the molecule is O=C(O)C1c2ccsc2CCN1C(=O)c1ccc(Cl)cc1. The van der Waals surface area contributed by atoms with Crippen LogP contribution in [0.2, 0.25) is 5.02 Å². The number of nitrogens with zero attached hydrogens (tertiary/aromatic N) is 1. The number of fused-ring (bicyclic) bond motifs is 1. The van der Waals surface area contributed by atoms with Crippen LogP contribution in [0.5, 0.6) is 0 Å². The molecule has 1 N–H and O–H groups in total. The van der Waals surface area contributed by atoms with E-state index in [1.54, 1.807) is 30.3 Å². The molecule has 0 radical (unpaired) electrons. The van der Waals surface area contributed by atoms with Crippen molar-refractivity contribution in [2.75, 3.05) is 6.54 Å². The number of carbonyl (C=O) groups is 2. The van der Waals surface area contributed by atoms with Crippen LogP contribution in [-0.4, -0.2) is 28.4 Å². The van der Waals surface area contributed by atoms with Gasteiger partial charge in [-0.05, 0) is 47.7 Å². The monoisotopic (exact) mass is 321 g/mol. The number of carboxylic acid groups (broad SMARTS) is 1. The van der Waals surface area contributed by atoms with E-state index in [1.807, 2.05) is 5.38 Å². The van der Waals surface area contributed by atoms with Crippen molar-refractivity contribution >= 4 is 34.8 Å². The van der Waals surface area contributed by atoms with Crippen LogP contribution in [0.1, 0.15) is 26.8 Å². The van der Waals surface area contributed by atoms with Gasteiger partial charge in [-0.25, -0.2) is 4.79 Å². The van der Waals surface area contributed by atoms with Gasteiger partial charge >= 0.3 is 5.97 Å². The van der Waals surface area contributed by atoms with Crippen LogP contribution in [0.4, 0.5) is 0 Å². The number of amides is 1. The molecule has 0 aliphatic carbocycles. The third kappa shape index (κ3) is 2.54. The van der Waals surface area contributed by atoms with Crippen molar-refractivity contribution in [2.24, 2.45) is 0 Å². The maximum Gasteiger partial charge on any atom is 0.331 e. The van der Waals surface area contributed by atoms with E-state index < -0.39 is 12.0 Å². The summed E-state index contributed by atoms with van der Waals surface area (Å²) in [5.74, 6) is -1.28. The highest BCUT2D eigenvalue weighted by molar-refractivity contribution is 7.10. The molecule has 1 atom stereocenters. The highest BCUT2D eigenvalue weighted by atomic mass is 35.5. The van der Waals surface area contributed by atoms with E-state index in [0.717, 1.165) is 10.4 Å². The molecule has 1 unspecified atom stereocenters. The third-order valence-electron chi connectivity index (χ3n) is 3.55. The van der Waals surface area contributed by atoms with Crippen molar-refractivity contribution in [2.45, 2.75) is 12.5 Å². The fourth-order valence-electron chi connectivity index (χ4n) is 2.56. The zero-order chi connectivity index (χ0) is 15.0. The second kappa shape index (κ2) is 5.50. The van der Waals surface area contributed by atoms with Gasteiger partial charge in [-0.1, -0.05) is 11.6 Å². The Hall–Kier alpha value is -1.85. The number of hydrogen-bond donors (Lipinski definition) is 1. The lowest BCUT2D eigenvalue weighted by Crippen LogP contribution is -2.43. The lowest BCUT2D eigenvalue weighted by Gasteiger charge is -2.33. The number of benzene rings is 1. The predicted molar refractivity (Wildman–Crippen MR) is 80.9 cm³/mol. The van der Waals surface area contributed by atoms with Crippen LogP contribution in [0, 0.1) is 0 Å². The maximum absolute atomic E-state index is 12.6. The van der Waals surface area contributed by atoms with Gasteiger partial charge < -0.3 is 10.0 Å². The Morgan fingerprint density at radius 2 is 1.95 bits per heavy atom. The quantitative estimate of drug-likeness (QED) is 0.924. The molecule has 1 aromatic carbocycles. The van der Waals surface area contributed by atoms with Crippen LogP contribution in [-0.2, 0) is 11.2 Å². The van der Waals surface area contributed by atoms with Crippen LogP contribution in [0.25, 0.3) is 0 Å². The van der Waals surface area contributed by atoms with Crippen molar-refractivity contribution in [3.05, 3.63) is 56.7 Å². The van der Waals surface area contributed by atoms with Crippen molar-refractivity contribution in [3.63, 3.8) is 0 Å². The van der Waals surface area contributed by atoms with Crippen molar-refractivity contribution in [3.8, 4) is 0 Å². The van der Waals surface area contributed by atoms with E-state index in [1.165, 1.54) is 16.2 Å². The number of carbonyl (C=O) groups excluding carboxylic acids is 1. The Balaban J connectivity index is 1.96. The number of halogens is 1. The Bertz CT molecular complexity index is 695. The van der Waals surface area contributed by atoms with E-state index >= 15 is 0 Å². The van der Waals surface area contributed by atoms with E-state index in [2.05, 4.69) is 0 Å². The molecule has 21 heavy (non-hydrogen) atoms. The fourth-order valence-corrected chi connectivity index (χ4v) is 3.59. The van der Waals surface area contributed by atoms with Gasteiger partial charge in [-0.15, -0.1) is 11.3 Å². The van der Waals surface area contributed by atoms with Gasteiger partial charge in [0.1, 0.15) is 0 Å². The average molecular weight is 322 g/mol. The van der Waals surface area contributed by atoms with Crippen molar-refractivity contribution < 1.29 is 14.7 Å². The van der Waals surface area contributed by atoms with E-state index in [0.29, 0.717) is 23.6 Å². The summed E-state index contributed by atoms with van der Waals surface area (Å²) in [6, 6.07) is 7.37. The summed E-state index contributed by atoms with van der Waals surface area (Å²) in [6.45, 7) is 0.409. The first-order valence-corrected chi connectivity index (χ1v) is 7.69. The predicted octanol–water partition coefficient (Wildman–Crippen LogP) is 3.23. The molecule has 0 spiro atoms. The summed E-state index contributed by atoms with van der Waals surface area (Å²) in [5, 5.41) is 11.9. The van der Waals surface area contributed by atoms with Crippen LogP contribution >= 0.6 is 22.9 Å². The Morgan fingerprint density at radius 1 is 1.24 bits per heavy atom. The largest absolute Gasteiger partial charge is 0.479 e. The van der Waals surface area contributed by atoms with E-state index in [4.69, 9.17) is 11.6 Å². The van der Waals surface area contributed by atoms with Crippen molar-refractivity contribution in [1.29, 1.82) is 0 Å². The van der Waals surface area contributed by atoms with Crippen LogP contribution in [0.15, 0.2) is 35.7 Å². The summed E-state index contributed by atoms with van der Waals surface area (Å²) in [4.78, 5) is 26.6. The summed E-state index contributed by atoms with van der Waals surface area (Å²) >= 11 is 7.36. The molecule has 0 saturated heterocycles. The number of hydrogen-bond acceptors (Lipinski definition) is 3. The van der Waals surface area contributed by atoms with Gasteiger partial charge in [-0.2, -0.15) is 0 Å². The molecule has 0 fully saturated rings. The van der Waals surface area contributed by atoms with Gasteiger partial charge in [-0.3, -0.25) is 4.79 Å². The smallest absolute Gasteiger partial charge is 0.331 e. The zero-order valence-corrected chi connectivity index (χ0v) is 12.5. The molecule has 2 aromatic rings. The second-order valence-electron chi connectivity index (χ2n) is 4.80. The van der Waals surface area contributed by atoms with Gasteiger partial charge in [0.15, 0.2) is 6.04 Å². The molecule has 1 aliphatic rings. The zero-order valence-electron chi connectivity index (χ0n) is 11.0. The highest BCUT2D eigenvalue weighted by Crippen LogP contribution is 2.34. The summed E-state index contributed by atoms with van der Waals surface area (Å²) < 4.78 is 0. The summed E-state index contributed by atoms with van der Waals surface area (Å²) in [6.07, 6.45) is 0.691. The van der Waals surface area contributed by atoms with Gasteiger partial charge in [0.2, 0.25) is 0 Å². The molecule has 1 amide bonds. The number of rotatable bonds is 2. The Labute approximate surface area is 130 Å². The van der Waals surface area contributed by atoms with Gasteiger partial charge in [0.05, 0.1) is 0 Å². The van der Waals surface area contributed by atoms with Gasteiger partial charge in [0, 0.05) is 22.0 Å². The van der Waals surface area contributed by atoms with E-state index in [-0.39, 0.29) is 5.91 Å². The molecule has 0 bridgehead atoms. The molecule has 4 nitrogen and oxygen atoms in total. The van der Waals surface area contributed by atoms with Crippen LogP contribution < -0.4 is 0 Å². The first-order valence-electron chi connectivity index (χ1n) is 6.43. The molecule has 6 heteroatoms. The minimum Gasteiger partial charge on any atom is -0.479 e. The molecular formula is C15H12ClNO3S. The second-order valence-corrected chi connectivity index (χ2v) is 6.23. The lowest BCUT2D eigenvalue weighted by atomic mass is 9.99. The normalized spacial score (nSPS) is 17.4. The fraction of sp³-hybridized carbons (Fsp3) is 0.200. The topological polar surface area (TPSA) is 57.6 Å². The molecule has 1 aliphatic heterocycles. The molecule has 108 valence electrons. The number of thiophene rings is 1. The van der Waals surface area contributed by atoms with Gasteiger partial charge in [0.25, 0.3) is 5.91 Å². The highest BCUT2D eigenvalue weighted by Gasteiger charge is 2.36. The minimum absolute atomic E-state index is 0.282. The molecule has 2 heterocycles. The first-order chi connectivity index (χ1) is 10.1. The van der Waals surface area contributed by atoms with Crippen LogP contribution in [0.3, 0.4) is 0 Å². The molecule has 1 aromatic heterocycles. The number of carboxylic acids is 1. The molecule has 3 rings (SSSR count). The molecular weight excluding hydrogens is 310 g/mol. The van der Waals surface area contributed by atoms with Crippen molar-refractivity contribution in [1.82, 2.24) is 4.90 Å². The molecule has 0 saturated carbocycles. The Kier molecular flexibility index (Phi) is 3.69. The lowest BCUT2D eigenvalue weighted by molar-refractivity contribution is -0.142. The first kappa shape index (κ1) is 14.1. The maximum atomic E-state index is 12.6.